The van der Waals surface area contributed by atoms with Crippen LogP contribution in [-0.2, 0) is 0 Å². The van der Waals surface area contributed by atoms with Crippen molar-refractivity contribution in [3.8, 4) is 11.8 Å². The van der Waals surface area contributed by atoms with Gasteiger partial charge in [0.2, 0.25) is 0 Å². The third-order valence-corrected chi connectivity index (χ3v) is 2.27. The summed E-state index contributed by atoms with van der Waals surface area (Å²) in [6.45, 7) is 1.67. The number of ketones is 1. The number of hydrogen-bond acceptors (Lipinski definition) is 1. The third-order valence-electron chi connectivity index (χ3n) is 1.67. The summed E-state index contributed by atoms with van der Waals surface area (Å²) in [5, 5.41) is 0. The predicted octanol–water partition coefficient (Wildman–Crippen LogP) is 3.18. The monoisotopic (exact) mass is 254 g/mol. The van der Waals surface area contributed by atoms with Gasteiger partial charge in [0.05, 0.1) is 10.9 Å². The van der Waals surface area contributed by atoms with E-state index in [1.165, 1.54) is 18.2 Å². The molecule has 0 spiro atoms. The molecule has 0 aliphatic rings. The molecular weight excluding hydrogens is 247 g/mol. The zero-order chi connectivity index (χ0) is 10.6. The molecule has 0 radical (unpaired) electrons. The zero-order valence-electron chi connectivity index (χ0n) is 7.60. The summed E-state index contributed by atoms with van der Waals surface area (Å²) in [6.07, 6.45) is 0.175. The summed E-state index contributed by atoms with van der Waals surface area (Å²) in [7, 11) is 0. The first-order valence-corrected chi connectivity index (χ1v) is 4.82. The highest BCUT2D eigenvalue weighted by Crippen LogP contribution is 2.17. The highest BCUT2D eigenvalue weighted by molar-refractivity contribution is 9.10. The van der Waals surface area contributed by atoms with Crippen LogP contribution < -0.4 is 0 Å². The van der Waals surface area contributed by atoms with Crippen molar-refractivity contribution < 1.29 is 9.18 Å². The standard InChI is InChI=1S/C11H8BrFO/c1-2-3-4-11(14)8-5-6-10(13)9(12)7-8/h5-7H,4H2,1H3. The minimum absolute atomic E-state index is 0.0972. The summed E-state index contributed by atoms with van der Waals surface area (Å²) < 4.78 is 13.1. The SMILES string of the molecule is CC#CCC(=O)c1ccc(F)c(Br)c1. The van der Waals surface area contributed by atoms with Crippen LogP contribution >= 0.6 is 15.9 Å². The van der Waals surface area contributed by atoms with Gasteiger partial charge in [-0.15, -0.1) is 5.92 Å². The van der Waals surface area contributed by atoms with Gasteiger partial charge in [-0.05, 0) is 41.1 Å². The molecule has 1 rings (SSSR count). The van der Waals surface area contributed by atoms with Crippen LogP contribution in [-0.4, -0.2) is 5.78 Å². The van der Waals surface area contributed by atoms with Crippen LogP contribution in [0, 0.1) is 17.7 Å². The van der Waals surface area contributed by atoms with Crippen molar-refractivity contribution in [3.05, 3.63) is 34.1 Å². The Morgan fingerprint density at radius 2 is 2.29 bits per heavy atom. The molecule has 0 aromatic heterocycles. The smallest absolute Gasteiger partial charge is 0.174 e. The summed E-state index contributed by atoms with van der Waals surface area (Å²) in [4.78, 5) is 11.4. The maximum atomic E-state index is 12.8. The van der Waals surface area contributed by atoms with Crippen LogP contribution in [0.25, 0.3) is 0 Å². The molecule has 0 amide bonds. The molecular formula is C11H8BrFO. The van der Waals surface area contributed by atoms with E-state index >= 15 is 0 Å². The minimum Gasteiger partial charge on any atom is -0.293 e. The molecule has 0 fully saturated rings. The van der Waals surface area contributed by atoms with E-state index < -0.39 is 0 Å². The number of rotatable bonds is 2. The van der Waals surface area contributed by atoms with Crippen LogP contribution in [0.1, 0.15) is 23.7 Å². The molecule has 72 valence electrons. The van der Waals surface area contributed by atoms with Crippen molar-refractivity contribution in [2.24, 2.45) is 0 Å². The van der Waals surface area contributed by atoms with Gasteiger partial charge in [0.15, 0.2) is 5.78 Å². The molecule has 0 bridgehead atoms. The lowest BCUT2D eigenvalue weighted by atomic mass is 10.1. The summed E-state index contributed by atoms with van der Waals surface area (Å²) >= 11 is 3.02. The molecule has 0 aliphatic carbocycles. The highest BCUT2D eigenvalue weighted by Gasteiger charge is 2.06. The number of halogens is 2. The maximum absolute atomic E-state index is 12.8. The second-order valence-electron chi connectivity index (χ2n) is 2.66. The van der Waals surface area contributed by atoms with Crippen LogP contribution in [0.4, 0.5) is 4.39 Å². The Morgan fingerprint density at radius 1 is 1.57 bits per heavy atom. The minimum atomic E-state index is -0.372. The normalized spacial score (nSPS) is 9.07. The first kappa shape index (κ1) is 10.9. The van der Waals surface area contributed by atoms with Gasteiger partial charge in [0, 0.05) is 5.56 Å². The van der Waals surface area contributed by atoms with Crippen molar-refractivity contribution in [3.63, 3.8) is 0 Å². The van der Waals surface area contributed by atoms with Gasteiger partial charge in [-0.1, -0.05) is 5.92 Å². The van der Waals surface area contributed by atoms with Crippen molar-refractivity contribution in [2.45, 2.75) is 13.3 Å². The molecule has 1 aromatic rings. The Kier molecular flexibility index (Phi) is 3.84. The molecule has 14 heavy (non-hydrogen) atoms. The summed E-state index contributed by atoms with van der Waals surface area (Å²) in [5.74, 6) is 4.84. The van der Waals surface area contributed by atoms with Crippen LogP contribution in [0.5, 0.6) is 0 Å². The Morgan fingerprint density at radius 3 is 2.86 bits per heavy atom. The van der Waals surface area contributed by atoms with Gasteiger partial charge in [0.1, 0.15) is 5.82 Å². The van der Waals surface area contributed by atoms with E-state index in [9.17, 15) is 9.18 Å². The van der Waals surface area contributed by atoms with E-state index in [1.54, 1.807) is 6.92 Å². The molecule has 0 unspecified atom stereocenters. The first-order valence-electron chi connectivity index (χ1n) is 4.03. The molecule has 0 saturated carbocycles. The third kappa shape index (κ3) is 2.68. The lowest BCUT2D eigenvalue weighted by Crippen LogP contribution is -1.97. The van der Waals surface area contributed by atoms with E-state index in [4.69, 9.17) is 0 Å². The number of hydrogen-bond donors (Lipinski definition) is 0. The lowest BCUT2D eigenvalue weighted by Gasteiger charge is -1.98. The fraction of sp³-hybridized carbons (Fsp3) is 0.182. The topological polar surface area (TPSA) is 17.1 Å². The van der Waals surface area contributed by atoms with Gasteiger partial charge in [-0.25, -0.2) is 4.39 Å². The molecule has 0 heterocycles. The zero-order valence-corrected chi connectivity index (χ0v) is 9.19. The number of Topliss-reactive ketones (excluding diaryl/α,β-unsaturated/α-hetero) is 1. The molecule has 3 heteroatoms. The molecule has 1 nitrogen and oxygen atoms in total. The molecule has 1 aromatic carbocycles. The second-order valence-corrected chi connectivity index (χ2v) is 3.51. The fourth-order valence-electron chi connectivity index (χ4n) is 0.940. The Labute approximate surface area is 90.4 Å². The molecule has 0 N–H and O–H groups in total. The number of carbonyl (C=O) groups excluding carboxylic acids is 1. The average molecular weight is 255 g/mol. The van der Waals surface area contributed by atoms with Gasteiger partial charge < -0.3 is 0 Å². The fourth-order valence-corrected chi connectivity index (χ4v) is 1.32. The Bertz CT molecular complexity index is 415. The van der Waals surface area contributed by atoms with Gasteiger partial charge in [0.25, 0.3) is 0 Å². The number of benzene rings is 1. The predicted molar refractivity (Wildman–Crippen MR) is 56.5 cm³/mol. The van der Waals surface area contributed by atoms with Gasteiger partial charge >= 0.3 is 0 Å². The van der Waals surface area contributed by atoms with E-state index in [0.717, 1.165) is 0 Å². The van der Waals surface area contributed by atoms with Crippen molar-refractivity contribution in [1.82, 2.24) is 0 Å². The van der Waals surface area contributed by atoms with Gasteiger partial charge in [-0.3, -0.25) is 4.79 Å². The molecule has 0 aliphatic heterocycles. The van der Waals surface area contributed by atoms with E-state index in [1.807, 2.05) is 0 Å². The van der Waals surface area contributed by atoms with Crippen LogP contribution in [0.3, 0.4) is 0 Å². The van der Waals surface area contributed by atoms with Gasteiger partial charge in [-0.2, -0.15) is 0 Å². The number of carbonyl (C=O) groups is 1. The van der Waals surface area contributed by atoms with Crippen molar-refractivity contribution in [1.29, 1.82) is 0 Å². The summed E-state index contributed by atoms with van der Waals surface area (Å²) in [6, 6.07) is 4.19. The Balaban J connectivity index is 2.89. The van der Waals surface area contributed by atoms with Crippen LogP contribution in [0.2, 0.25) is 0 Å². The largest absolute Gasteiger partial charge is 0.293 e. The van der Waals surface area contributed by atoms with Crippen molar-refractivity contribution >= 4 is 21.7 Å². The average Bonchev–Trinajstić information content (AvgIpc) is 2.18. The second kappa shape index (κ2) is 4.92. The highest BCUT2D eigenvalue weighted by atomic mass is 79.9. The quantitative estimate of drug-likeness (QED) is 0.586. The van der Waals surface area contributed by atoms with Crippen molar-refractivity contribution in [2.75, 3.05) is 0 Å². The maximum Gasteiger partial charge on any atom is 0.174 e. The molecule has 0 saturated heterocycles. The Hall–Kier alpha value is -1.14. The van der Waals surface area contributed by atoms with E-state index in [-0.39, 0.29) is 18.0 Å². The lowest BCUT2D eigenvalue weighted by molar-refractivity contribution is 0.0998. The summed E-state index contributed by atoms with van der Waals surface area (Å²) in [5.41, 5.74) is 0.473. The van der Waals surface area contributed by atoms with Crippen LogP contribution in [0.15, 0.2) is 22.7 Å². The first-order chi connectivity index (χ1) is 6.65. The van der Waals surface area contributed by atoms with E-state index in [0.29, 0.717) is 10.0 Å². The van der Waals surface area contributed by atoms with E-state index in [2.05, 4.69) is 27.8 Å². The molecule has 0 atom stereocenters.